The number of hydrogen-bond acceptors (Lipinski definition) is 4. The van der Waals surface area contributed by atoms with Crippen molar-refractivity contribution in [3.63, 3.8) is 0 Å². The zero-order valence-electron chi connectivity index (χ0n) is 20.0. The van der Waals surface area contributed by atoms with E-state index in [1.54, 1.807) is 41.3 Å². The molecule has 1 aliphatic rings. The van der Waals surface area contributed by atoms with Crippen LogP contribution in [-0.4, -0.2) is 59.1 Å². The molecule has 1 aliphatic heterocycles. The maximum Gasteiger partial charge on any atom is 0.257 e. The summed E-state index contributed by atoms with van der Waals surface area (Å²) in [7, 11) is 0. The standard InChI is InChI=1S/C26H33ClFN3O2S/c1-4-30(5-2)15-9-10-18(3)29-24(32)23-17-34-26(19-11-8-12-20(28)16-19)31(23)25(33)21-13-6-7-14-22(21)27/h6-8,11-14,16,18,23,26H,4-5,9-10,15,17H2,1-3H3,(H,29,32). The van der Waals surface area contributed by atoms with Crippen LogP contribution in [0, 0.1) is 5.82 Å². The average molecular weight is 506 g/mol. The third-order valence-corrected chi connectivity index (χ3v) is 7.82. The first-order valence-corrected chi connectivity index (χ1v) is 13.2. The summed E-state index contributed by atoms with van der Waals surface area (Å²) in [6, 6.07) is 12.3. The lowest BCUT2D eigenvalue weighted by Gasteiger charge is -2.30. The van der Waals surface area contributed by atoms with Gasteiger partial charge in [0.15, 0.2) is 0 Å². The minimum atomic E-state index is -0.674. The highest BCUT2D eigenvalue weighted by atomic mass is 35.5. The number of thioether (sulfide) groups is 1. The molecule has 5 nitrogen and oxygen atoms in total. The quantitative estimate of drug-likeness (QED) is 0.472. The van der Waals surface area contributed by atoms with Crippen molar-refractivity contribution in [2.24, 2.45) is 0 Å². The van der Waals surface area contributed by atoms with Gasteiger partial charge in [-0.1, -0.05) is 49.7 Å². The first-order valence-electron chi connectivity index (χ1n) is 11.8. The Morgan fingerprint density at radius 2 is 1.94 bits per heavy atom. The minimum absolute atomic E-state index is 0.0152. The van der Waals surface area contributed by atoms with Crippen LogP contribution in [0.1, 0.15) is 54.9 Å². The SMILES string of the molecule is CCN(CC)CCCC(C)NC(=O)C1CSC(c2cccc(F)c2)N1C(=O)c1ccccc1Cl. The van der Waals surface area contributed by atoms with E-state index in [0.717, 1.165) is 32.5 Å². The molecule has 1 fully saturated rings. The summed E-state index contributed by atoms with van der Waals surface area (Å²) in [5, 5.41) is 2.94. The van der Waals surface area contributed by atoms with Gasteiger partial charge < -0.3 is 15.1 Å². The summed E-state index contributed by atoms with van der Waals surface area (Å²) in [6.45, 7) is 9.30. The maximum absolute atomic E-state index is 14.0. The van der Waals surface area contributed by atoms with Crippen LogP contribution in [0.5, 0.6) is 0 Å². The zero-order chi connectivity index (χ0) is 24.7. The Labute approximate surface area is 211 Å². The number of nitrogens with zero attached hydrogens (tertiary/aromatic N) is 2. The molecule has 0 aromatic heterocycles. The van der Waals surface area contributed by atoms with Crippen LogP contribution < -0.4 is 5.32 Å². The largest absolute Gasteiger partial charge is 0.352 e. The average Bonchev–Trinajstić information content (AvgIpc) is 3.27. The molecular formula is C26H33ClFN3O2S. The predicted molar refractivity (Wildman–Crippen MR) is 138 cm³/mol. The minimum Gasteiger partial charge on any atom is -0.352 e. The van der Waals surface area contributed by atoms with E-state index in [2.05, 4.69) is 24.1 Å². The molecule has 2 amide bonds. The van der Waals surface area contributed by atoms with Crippen LogP contribution in [0.15, 0.2) is 48.5 Å². The summed E-state index contributed by atoms with van der Waals surface area (Å²) < 4.78 is 14.0. The molecule has 34 heavy (non-hydrogen) atoms. The molecular weight excluding hydrogens is 473 g/mol. The number of benzene rings is 2. The van der Waals surface area contributed by atoms with E-state index in [-0.39, 0.29) is 23.7 Å². The van der Waals surface area contributed by atoms with Crippen molar-refractivity contribution in [1.29, 1.82) is 0 Å². The molecule has 0 aliphatic carbocycles. The molecule has 0 bridgehead atoms. The Kier molecular flexibility index (Phi) is 9.80. The van der Waals surface area contributed by atoms with Crippen LogP contribution in [-0.2, 0) is 4.79 Å². The van der Waals surface area contributed by atoms with Crippen molar-refractivity contribution in [1.82, 2.24) is 15.1 Å². The number of nitrogens with one attached hydrogen (secondary N) is 1. The van der Waals surface area contributed by atoms with Gasteiger partial charge in [0, 0.05) is 11.8 Å². The van der Waals surface area contributed by atoms with Crippen molar-refractivity contribution >= 4 is 35.2 Å². The lowest BCUT2D eigenvalue weighted by molar-refractivity contribution is -0.125. The van der Waals surface area contributed by atoms with E-state index in [4.69, 9.17) is 11.6 Å². The van der Waals surface area contributed by atoms with Crippen LogP contribution >= 0.6 is 23.4 Å². The summed E-state index contributed by atoms with van der Waals surface area (Å²) in [6.07, 6.45) is 1.84. The molecule has 184 valence electrons. The van der Waals surface area contributed by atoms with Crippen molar-refractivity contribution in [2.45, 2.75) is 51.1 Å². The highest BCUT2D eigenvalue weighted by Crippen LogP contribution is 2.43. The fourth-order valence-electron chi connectivity index (χ4n) is 4.22. The van der Waals surface area contributed by atoms with Crippen molar-refractivity contribution in [2.75, 3.05) is 25.4 Å². The first kappa shape index (κ1) is 26.5. The van der Waals surface area contributed by atoms with Crippen molar-refractivity contribution < 1.29 is 14.0 Å². The third-order valence-electron chi connectivity index (χ3n) is 6.17. The summed E-state index contributed by atoms with van der Waals surface area (Å²) >= 11 is 7.78. The van der Waals surface area contributed by atoms with E-state index in [0.29, 0.717) is 21.9 Å². The molecule has 8 heteroatoms. The lowest BCUT2D eigenvalue weighted by atomic mass is 10.1. The Morgan fingerprint density at radius 1 is 1.21 bits per heavy atom. The second-order valence-corrected chi connectivity index (χ2v) is 10.0. The molecule has 1 N–H and O–H groups in total. The number of rotatable bonds is 10. The van der Waals surface area contributed by atoms with Crippen LogP contribution in [0.4, 0.5) is 4.39 Å². The van der Waals surface area contributed by atoms with Crippen molar-refractivity contribution in [3.05, 3.63) is 70.5 Å². The summed E-state index contributed by atoms with van der Waals surface area (Å²) in [5.41, 5.74) is 0.978. The number of hydrogen-bond donors (Lipinski definition) is 1. The number of carbonyl (C=O) groups excluding carboxylic acids is 2. The predicted octanol–water partition coefficient (Wildman–Crippen LogP) is 5.36. The van der Waals surface area contributed by atoms with Crippen LogP contribution in [0.2, 0.25) is 5.02 Å². The van der Waals surface area contributed by atoms with Gasteiger partial charge in [-0.05, 0) is 69.2 Å². The highest BCUT2D eigenvalue weighted by Gasteiger charge is 2.43. The van der Waals surface area contributed by atoms with Gasteiger partial charge in [-0.25, -0.2) is 4.39 Å². The van der Waals surface area contributed by atoms with Gasteiger partial charge in [0.25, 0.3) is 5.91 Å². The molecule has 1 saturated heterocycles. The van der Waals surface area contributed by atoms with Gasteiger partial charge >= 0.3 is 0 Å². The van der Waals surface area contributed by atoms with Crippen LogP contribution in [0.3, 0.4) is 0 Å². The zero-order valence-corrected chi connectivity index (χ0v) is 21.5. The van der Waals surface area contributed by atoms with Gasteiger partial charge in [0.1, 0.15) is 17.2 Å². The van der Waals surface area contributed by atoms with Gasteiger partial charge in [-0.2, -0.15) is 0 Å². The van der Waals surface area contributed by atoms with E-state index < -0.39 is 11.4 Å². The second kappa shape index (κ2) is 12.6. The summed E-state index contributed by atoms with van der Waals surface area (Å²) in [4.78, 5) is 30.8. The lowest BCUT2D eigenvalue weighted by Crippen LogP contribution is -2.50. The van der Waals surface area contributed by atoms with Crippen LogP contribution in [0.25, 0.3) is 0 Å². The monoisotopic (exact) mass is 505 g/mol. The molecule has 0 spiro atoms. The molecule has 0 saturated carbocycles. The third kappa shape index (κ3) is 6.52. The Hall–Kier alpha value is -2.09. The molecule has 2 aromatic carbocycles. The Bertz CT molecular complexity index is 988. The molecule has 3 atom stereocenters. The molecule has 1 heterocycles. The van der Waals surface area contributed by atoms with E-state index in [1.807, 2.05) is 6.92 Å². The van der Waals surface area contributed by atoms with Gasteiger partial charge in [-0.3, -0.25) is 9.59 Å². The number of carbonyl (C=O) groups is 2. The summed E-state index contributed by atoms with van der Waals surface area (Å²) in [5.74, 6) is -0.477. The van der Waals surface area contributed by atoms with Crippen molar-refractivity contribution in [3.8, 4) is 0 Å². The molecule has 3 rings (SSSR count). The molecule has 2 aromatic rings. The maximum atomic E-state index is 14.0. The van der Waals surface area contributed by atoms with E-state index >= 15 is 0 Å². The normalized spacial score (nSPS) is 18.8. The highest BCUT2D eigenvalue weighted by molar-refractivity contribution is 7.99. The fraction of sp³-hybridized carbons (Fsp3) is 0.462. The first-order chi connectivity index (χ1) is 16.3. The number of amides is 2. The second-order valence-electron chi connectivity index (χ2n) is 8.53. The smallest absolute Gasteiger partial charge is 0.257 e. The number of halogens is 2. The van der Waals surface area contributed by atoms with Gasteiger partial charge in [0.2, 0.25) is 5.91 Å². The van der Waals surface area contributed by atoms with E-state index in [1.165, 1.54) is 23.9 Å². The molecule has 0 radical (unpaired) electrons. The topological polar surface area (TPSA) is 52.7 Å². The Balaban J connectivity index is 1.77. The fourth-order valence-corrected chi connectivity index (χ4v) is 5.85. The Morgan fingerprint density at radius 3 is 2.62 bits per heavy atom. The van der Waals surface area contributed by atoms with E-state index in [9.17, 15) is 14.0 Å². The molecule has 3 unspecified atom stereocenters. The van der Waals surface area contributed by atoms with Gasteiger partial charge in [0.05, 0.1) is 10.6 Å². The van der Waals surface area contributed by atoms with Gasteiger partial charge in [-0.15, -0.1) is 11.8 Å².